The average Bonchev–Trinajstić information content (AvgIpc) is 2.76. The van der Waals surface area contributed by atoms with Crippen molar-refractivity contribution in [1.29, 1.82) is 0 Å². The second-order valence-corrected chi connectivity index (χ2v) is 7.88. The molecule has 0 amide bonds. The van der Waals surface area contributed by atoms with Gasteiger partial charge in [-0.05, 0) is 24.8 Å². The lowest BCUT2D eigenvalue weighted by molar-refractivity contribution is -0.0118. The fourth-order valence-corrected chi connectivity index (χ4v) is 4.85. The standard InChI is InChI=1S/C17H22ClNOS/c1-12-5-4-8-17(20,9-12)11-19-10-15-16(18)13-6-2-3-7-14(13)21-15/h2-3,6-7,12,19-20H,4-5,8-11H2,1H3. The number of halogens is 1. The van der Waals surface area contributed by atoms with Crippen LogP contribution >= 0.6 is 22.9 Å². The lowest BCUT2D eigenvalue weighted by Crippen LogP contribution is -2.43. The normalized spacial score (nSPS) is 26.3. The van der Waals surface area contributed by atoms with E-state index in [0.29, 0.717) is 12.5 Å². The first-order valence-electron chi connectivity index (χ1n) is 7.66. The lowest BCUT2D eigenvalue weighted by Gasteiger charge is -2.35. The first-order valence-corrected chi connectivity index (χ1v) is 8.86. The Labute approximate surface area is 135 Å². The molecule has 1 saturated carbocycles. The van der Waals surface area contributed by atoms with Crippen LogP contribution in [0, 0.1) is 5.92 Å². The Hall–Kier alpha value is -0.610. The molecule has 1 aromatic heterocycles. The van der Waals surface area contributed by atoms with Crippen LogP contribution in [-0.4, -0.2) is 17.3 Å². The molecule has 3 rings (SSSR count). The van der Waals surface area contributed by atoms with Crippen LogP contribution in [0.5, 0.6) is 0 Å². The molecular formula is C17H22ClNOS. The van der Waals surface area contributed by atoms with Crippen LogP contribution < -0.4 is 5.32 Å². The van der Waals surface area contributed by atoms with E-state index in [-0.39, 0.29) is 0 Å². The van der Waals surface area contributed by atoms with Gasteiger partial charge in [-0.2, -0.15) is 0 Å². The van der Waals surface area contributed by atoms with E-state index in [2.05, 4.69) is 24.4 Å². The van der Waals surface area contributed by atoms with Crippen LogP contribution in [0.1, 0.15) is 37.5 Å². The topological polar surface area (TPSA) is 32.3 Å². The summed E-state index contributed by atoms with van der Waals surface area (Å²) in [6, 6.07) is 8.22. The molecule has 4 heteroatoms. The lowest BCUT2D eigenvalue weighted by atomic mass is 9.79. The molecule has 1 aliphatic carbocycles. The quantitative estimate of drug-likeness (QED) is 0.862. The molecule has 1 fully saturated rings. The predicted octanol–water partition coefficient (Wildman–Crippen LogP) is 4.59. The summed E-state index contributed by atoms with van der Waals surface area (Å²) in [5.74, 6) is 0.624. The molecule has 1 heterocycles. The highest BCUT2D eigenvalue weighted by molar-refractivity contribution is 7.19. The predicted molar refractivity (Wildman–Crippen MR) is 91.1 cm³/mol. The maximum atomic E-state index is 10.6. The van der Waals surface area contributed by atoms with Crippen molar-refractivity contribution < 1.29 is 5.11 Å². The highest BCUT2D eigenvalue weighted by Crippen LogP contribution is 2.35. The first-order chi connectivity index (χ1) is 10.1. The minimum absolute atomic E-state index is 0.541. The number of hydrogen-bond donors (Lipinski definition) is 2. The Bertz CT molecular complexity index is 626. The third-order valence-corrected chi connectivity index (χ3v) is 6.12. The molecule has 1 aromatic carbocycles. The minimum Gasteiger partial charge on any atom is -0.389 e. The van der Waals surface area contributed by atoms with Crippen molar-refractivity contribution in [1.82, 2.24) is 5.32 Å². The van der Waals surface area contributed by atoms with E-state index >= 15 is 0 Å². The maximum absolute atomic E-state index is 10.6. The molecular weight excluding hydrogens is 302 g/mol. The van der Waals surface area contributed by atoms with E-state index in [1.54, 1.807) is 11.3 Å². The largest absolute Gasteiger partial charge is 0.389 e. The van der Waals surface area contributed by atoms with E-state index in [0.717, 1.165) is 41.1 Å². The zero-order valence-corrected chi connectivity index (χ0v) is 13.9. The summed E-state index contributed by atoms with van der Waals surface area (Å²) < 4.78 is 1.23. The van der Waals surface area contributed by atoms with E-state index in [1.807, 2.05) is 12.1 Å². The number of hydrogen-bond acceptors (Lipinski definition) is 3. The molecule has 0 bridgehead atoms. The van der Waals surface area contributed by atoms with Gasteiger partial charge >= 0.3 is 0 Å². The molecule has 2 N–H and O–H groups in total. The Balaban J connectivity index is 1.63. The maximum Gasteiger partial charge on any atom is 0.0774 e. The second kappa shape index (κ2) is 6.25. The summed E-state index contributed by atoms with van der Waals surface area (Å²) in [4.78, 5) is 1.16. The van der Waals surface area contributed by atoms with E-state index in [9.17, 15) is 5.11 Å². The second-order valence-electron chi connectivity index (χ2n) is 6.36. The number of fused-ring (bicyclic) bond motifs is 1. The van der Waals surface area contributed by atoms with Crippen LogP contribution in [0.25, 0.3) is 10.1 Å². The van der Waals surface area contributed by atoms with Gasteiger partial charge in [-0.25, -0.2) is 0 Å². The molecule has 2 aromatic rings. The number of thiophene rings is 1. The van der Waals surface area contributed by atoms with Crippen LogP contribution in [0.2, 0.25) is 5.02 Å². The first kappa shape index (κ1) is 15.3. The SMILES string of the molecule is CC1CCCC(O)(CNCc2sc3ccccc3c2Cl)C1. The average molecular weight is 324 g/mol. The highest BCUT2D eigenvalue weighted by atomic mass is 35.5. The summed E-state index contributed by atoms with van der Waals surface area (Å²) in [7, 11) is 0. The van der Waals surface area contributed by atoms with Crippen molar-refractivity contribution in [3.05, 3.63) is 34.2 Å². The monoisotopic (exact) mass is 323 g/mol. The van der Waals surface area contributed by atoms with Crippen molar-refractivity contribution in [2.24, 2.45) is 5.92 Å². The molecule has 2 atom stereocenters. The van der Waals surface area contributed by atoms with Crippen molar-refractivity contribution in [2.75, 3.05) is 6.54 Å². The Morgan fingerprint density at radius 3 is 3.00 bits per heavy atom. The van der Waals surface area contributed by atoms with Crippen molar-refractivity contribution >= 4 is 33.0 Å². The molecule has 0 spiro atoms. The zero-order valence-electron chi connectivity index (χ0n) is 12.4. The summed E-state index contributed by atoms with van der Waals surface area (Å²) in [5, 5.41) is 16.0. The summed E-state index contributed by atoms with van der Waals surface area (Å²) in [6.45, 7) is 3.61. The Morgan fingerprint density at radius 1 is 1.43 bits per heavy atom. The van der Waals surface area contributed by atoms with Gasteiger partial charge in [-0.3, -0.25) is 0 Å². The summed E-state index contributed by atoms with van der Waals surface area (Å²) >= 11 is 8.18. The van der Waals surface area contributed by atoms with Crippen molar-refractivity contribution in [3.8, 4) is 0 Å². The summed E-state index contributed by atoms with van der Waals surface area (Å²) in [5.41, 5.74) is -0.541. The third-order valence-electron chi connectivity index (χ3n) is 4.41. The number of benzene rings is 1. The molecule has 114 valence electrons. The van der Waals surface area contributed by atoms with Crippen molar-refractivity contribution in [2.45, 2.75) is 44.8 Å². The van der Waals surface area contributed by atoms with Gasteiger partial charge in [-0.15, -0.1) is 11.3 Å². The molecule has 0 saturated heterocycles. The van der Waals surface area contributed by atoms with Crippen LogP contribution in [0.15, 0.2) is 24.3 Å². The fourth-order valence-electron chi connectivity index (χ4n) is 3.38. The van der Waals surface area contributed by atoms with E-state index in [1.165, 1.54) is 11.1 Å². The summed E-state index contributed by atoms with van der Waals surface area (Å²) in [6.07, 6.45) is 4.18. The van der Waals surface area contributed by atoms with Crippen molar-refractivity contribution in [3.63, 3.8) is 0 Å². The molecule has 2 nitrogen and oxygen atoms in total. The van der Waals surface area contributed by atoms with E-state index < -0.39 is 5.60 Å². The third kappa shape index (κ3) is 3.42. The van der Waals surface area contributed by atoms with Gasteiger partial charge < -0.3 is 10.4 Å². The minimum atomic E-state index is -0.541. The van der Waals surface area contributed by atoms with E-state index in [4.69, 9.17) is 11.6 Å². The number of aliphatic hydroxyl groups is 1. The molecule has 0 aliphatic heterocycles. The van der Waals surface area contributed by atoms with Gasteiger partial charge in [0.25, 0.3) is 0 Å². The zero-order chi connectivity index (χ0) is 14.9. The number of nitrogens with one attached hydrogen (secondary N) is 1. The Kier molecular flexibility index (Phi) is 4.55. The van der Waals surface area contributed by atoms with Gasteiger partial charge in [0.05, 0.1) is 10.6 Å². The van der Waals surface area contributed by atoms with Gasteiger partial charge in [0, 0.05) is 28.1 Å². The van der Waals surface area contributed by atoms with Gasteiger partial charge in [-0.1, -0.05) is 49.6 Å². The smallest absolute Gasteiger partial charge is 0.0774 e. The van der Waals surface area contributed by atoms with Crippen LogP contribution in [0.3, 0.4) is 0 Å². The van der Waals surface area contributed by atoms with Crippen LogP contribution in [-0.2, 0) is 6.54 Å². The molecule has 2 unspecified atom stereocenters. The number of rotatable bonds is 4. The van der Waals surface area contributed by atoms with Crippen LogP contribution in [0.4, 0.5) is 0 Å². The Morgan fingerprint density at radius 2 is 2.24 bits per heavy atom. The molecule has 0 radical (unpaired) electrons. The highest BCUT2D eigenvalue weighted by Gasteiger charge is 2.32. The van der Waals surface area contributed by atoms with Gasteiger partial charge in [0.2, 0.25) is 0 Å². The van der Waals surface area contributed by atoms with Gasteiger partial charge in [0.1, 0.15) is 0 Å². The fraction of sp³-hybridized carbons (Fsp3) is 0.529. The molecule has 21 heavy (non-hydrogen) atoms. The van der Waals surface area contributed by atoms with Gasteiger partial charge in [0.15, 0.2) is 0 Å². The molecule has 1 aliphatic rings.